The van der Waals surface area contributed by atoms with Crippen molar-refractivity contribution in [2.45, 2.75) is 25.7 Å². The van der Waals surface area contributed by atoms with Gasteiger partial charge < -0.3 is 14.8 Å². The maximum atomic E-state index is 13.0. The van der Waals surface area contributed by atoms with Crippen LogP contribution in [0.1, 0.15) is 31.2 Å². The summed E-state index contributed by atoms with van der Waals surface area (Å²) in [5, 5.41) is 3.35. The van der Waals surface area contributed by atoms with E-state index in [1.807, 2.05) is 12.1 Å². The van der Waals surface area contributed by atoms with E-state index < -0.39 is 0 Å². The van der Waals surface area contributed by atoms with Gasteiger partial charge in [0.1, 0.15) is 5.82 Å². The minimum absolute atomic E-state index is 0.188. The molecule has 0 saturated carbocycles. The molecule has 4 heteroatoms. The van der Waals surface area contributed by atoms with Crippen LogP contribution in [-0.4, -0.2) is 40.0 Å². The summed E-state index contributed by atoms with van der Waals surface area (Å²) < 4.78 is 23.6. The Kier molecular flexibility index (Phi) is 9.20. The Morgan fingerprint density at radius 3 is 2.55 bits per heavy atom. The molecule has 0 aliphatic rings. The minimum Gasteiger partial charge on any atom is -0.385 e. The minimum atomic E-state index is -0.188. The quantitative estimate of drug-likeness (QED) is 0.633. The second kappa shape index (κ2) is 10.8. The van der Waals surface area contributed by atoms with Crippen molar-refractivity contribution in [3.8, 4) is 0 Å². The number of nitrogens with one attached hydrogen (secondary N) is 1. The van der Waals surface area contributed by atoms with Crippen molar-refractivity contribution in [1.29, 1.82) is 0 Å². The molecule has 20 heavy (non-hydrogen) atoms. The van der Waals surface area contributed by atoms with Crippen molar-refractivity contribution in [2.24, 2.45) is 0 Å². The number of hydrogen-bond acceptors (Lipinski definition) is 3. The molecule has 1 aromatic carbocycles. The second-order valence-corrected chi connectivity index (χ2v) is 4.80. The summed E-state index contributed by atoms with van der Waals surface area (Å²) in [6.07, 6.45) is 1.86. The first-order chi connectivity index (χ1) is 9.77. The molecule has 1 atom stereocenters. The van der Waals surface area contributed by atoms with Gasteiger partial charge in [-0.25, -0.2) is 4.39 Å². The molecule has 0 aromatic heterocycles. The van der Waals surface area contributed by atoms with E-state index in [-0.39, 0.29) is 5.82 Å². The van der Waals surface area contributed by atoms with E-state index in [9.17, 15) is 4.39 Å². The molecule has 3 nitrogen and oxygen atoms in total. The summed E-state index contributed by atoms with van der Waals surface area (Å²) in [4.78, 5) is 0. The van der Waals surface area contributed by atoms with Gasteiger partial charge in [0.25, 0.3) is 0 Å². The highest BCUT2D eigenvalue weighted by atomic mass is 19.1. The number of methoxy groups -OCH3 is 1. The molecule has 1 N–H and O–H groups in total. The van der Waals surface area contributed by atoms with Gasteiger partial charge in [-0.05, 0) is 43.0 Å². The van der Waals surface area contributed by atoms with Gasteiger partial charge in [0.15, 0.2) is 0 Å². The van der Waals surface area contributed by atoms with Crippen molar-refractivity contribution >= 4 is 0 Å². The van der Waals surface area contributed by atoms with E-state index in [4.69, 9.17) is 9.47 Å². The Morgan fingerprint density at radius 1 is 1.15 bits per heavy atom. The summed E-state index contributed by atoms with van der Waals surface area (Å²) in [7, 11) is 1.70. The Labute approximate surface area is 121 Å². The van der Waals surface area contributed by atoms with E-state index in [2.05, 4.69) is 12.2 Å². The average Bonchev–Trinajstić information content (AvgIpc) is 2.47. The highest BCUT2D eigenvalue weighted by Gasteiger charge is 2.11. The topological polar surface area (TPSA) is 30.5 Å². The fourth-order valence-electron chi connectivity index (χ4n) is 2.07. The smallest absolute Gasteiger partial charge is 0.123 e. The first-order valence-electron chi connectivity index (χ1n) is 7.30. The van der Waals surface area contributed by atoms with Gasteiger partial charge in [-0.3, -0.25) is 0 Å². The summed E-state index contributed by atoms with van der Waals surface area (Å²) in [6, 6.07) is 6.77. The zero-order chi connectivity index (χ0) is 14.6. The molecular weight excluding hydrogens is 257 g/mol. The van der Waals surface area contributed by atoms with Gasteiger partial charge in [0.2, 0.25) is 0 Å². The molecule has 0 radical (unpaired) electrons. The molecule has 0 fully saturated rings. The number of halogens is 1. The first kappa shape index (κ1) is 17.1. The first-order valence-corrected chi connectivity index (χ1v) is 7.30. The summed E-state index contributed by atoms with van der Waals surface area (Å²) in [5.41, 5.74) is 1.16. The third-order valence-electron chi connectivity index (χ3n) is 3.23. The van der Waals surface area contributed by atoms with E-state index in [0.717, 1.165) is 51.3 Å². The molecule has 0 bridgehead atoms. The average molecular weight is 283 g/mol. The largest absolute Gasteiger partial charge is 0.385 e. The van der Waals surface area contributed by atoms with Gasteiger partial charge in [-0.1, -0.05) is 19.1 Å². The SMILES string of the molecule is CCNCC(CCOCCCOC)c1ccc(F)cc1. The van der Waals surface area contributed by atoms with Crippen molar-refractivity contribution in [2.75, 3.05) is 40.0 Å². The van der Waals surface area contributed by atoms with Crippen LogP contribution in [0.3, 0.4) is 0 Å². The molecule has 0 spiro atoms. The molecule has 1 rings (SSSR count). The van der Waals surface area contributed by atoms with Crippen molar-refractivity contribution < 1.29 is 13.9 Å². The van der Waals surface area contributed by atoms with Crippen LogP contribution < -0.4 is 5.32 Å². The molecule has 0 aliphatic heterocycles. The summed E-state index contributed by atoms with van der Waals surface area (Å²) >= 11 is 0. The normalized spacial score (nSPS) is 12.6. The fourth-order valence-corrected chi connectivity index (χ4v) is 2.07. The van der Waals surface area contributed by atoms with Crippen molar-refractivity contribution in [3.63, 3.8) is 0 Å². The van der Waals surface area contributed by atoms with E-state index >= 15 is 0 Å². The fraction of sp³-hybridized carbons (Fsp3) is 0.625. The van der Waals surface area contributed by atoms with Crippen LogP contribution in [0, 0.1) is 5.82 Å². The number of likely N-dealkylation sites (N-methyl/N-ethyl adjacent to an activating group) is 1. The van der Waals surface area contributed by atoms with Gasteiger partial charge in [0.05, 0.1) is 0 Å². The molecule has 1 unspecified atom stereocenters. The van der Waals surface area contributed by atoms with Crippen LogP contribution in [0.25, 0.3) is 0 Å². The Morgan fingerprint density at radius 2 is 1.90 bits per heavy atom. The van der Waals surface area contributed by atoms with Crippen LogP contribution in [0.4, 0.5) is 4.39 Å². The van der Waals surface area contributed by atoms with Crippen LogP contribution in [0.15, 0.2) is 24.3 Å². The zero-order valence-corrected chi connectivity index (χ0v) is 12.5. The molecule has 0 amide bonds. The van der Waals surface area contributed by atoms with E-state index in [1.165, 1.54) is 12.1 Å². The predicted molar refractivity (Wildman–Crippen MR) is 79.6 cm³/mol. The molecule has 0 aliphatic carbocycles. The Balaban J connectivity index is 2.37. The molecule has 1 aromatic rings. The number of benzene rings is 1. The lowest BCUT2D eigenvalue weighted by molar-refractivity contribution is 0.0980. The molecule has 0 saturated heterocycles. The predicted octanol–water partition coefficient (Wildman–Crippen LogP) is 2.96. The van der Waals surface area contributed by atoms with E-state index in [1.54, 1.807) is 7.11 Å². The highest BCUT2D eigenvalue weighted by molar-refractivity contribution is 5.20. The molecular formula is C16H26FNO2. The lowest BCUT2D eigenvalue weighted by atomic mass is 9.96. The molecule has 114 valence electrons. The van der Waals surface area contributed by atoms with Crippen LogP contribution in [0.5, 0.6) is 0 Å². The van der Waals surface area contributed by atoms with Crippen molar-refractivity contribution in [1.82, 2.24) is 5.32 Å². The molecule has 0 heterocycles. The third-order valence-corrected chi connectivity index (χ3v) is 3.23. The van der Waals surface area contributed by atoms with Gasteiger partial charge in [-0.15, -0.1) is 0 Å². The van der Waals surface area contributed by atoms with Gasteiger partial charge in [-0.2, -0.15) is 0 Å². The Bertz CT molecular complexity index is 343. The lowest BCUT2D eigenvalue weighted by Crippen LogP contribution is -2.22. The number of rotatable bonds is 11. The van der Waals surface area contributed by atoms with Gasteiger partial charge in [0, 0.05) is 33.5 Å². The number of ether oxygens (including phenoxy) is 2. The van der Waals surface area contributed by atoms with Crippen LogP contribution >= 0.6 is 0 Å². The Hall–Kier alpha value is -0.970. The van der Waals surface area contributed by atoms with Crippen molar-refractivity contribution in [3.05, 3.63) is 35.6 Å². The summed E-state index contributed by atoms with van der Waals surface area (Å²) in [6.45, 7) is 6.10. The van der Waals surface area contributed by atoms with E-state index in [0.29, 0.717) is 5.92 Å². The van der Waals surface area contributed by atoms with Crippen LogP contribution in [-0.2, 0) is 9.47 Å². The zero-order valence-electron chi connectivity index (χ0n) is 12.5. The second-order valence-electron chi connectivity index (χ2n) is 4.80. The maximum Gasteiger partial charge on any atom is 0.123 e. The lowest BCUT2D eigenvalue weighted by Gasteiger charge is -2.18. The van der Waals surface area contributed by atoms with Crippen LogP contribution in [0.2, 0.25) is 0 Å². The van der Waals surface area contributed by atoms with Gasteiger partial charge >= 0.3 is 0 Å². The maximum absolute atomic E-state index is 13.0. The summed E-state index contributed by atoms with van der Waals surface area (Å²) in [5.74, 6) is 0.171. The standard InChI is InChI=1S/C16H26FNO2/c1-3-18-13-15(9-12-20-11-4-10-19-2)14-5-7-16(17)8-6-14/h5-8,15,18H,3-4,9-13H2,1-2H3. The third kappa shape index (κ3) is 6.98. The highest BCUT2D eigenvalue weighted by Crippen LogP contribution is 2.19. The monoisotopic (exact) mass is 283 g/mol. The number of hydrogen-bond donors (Lipinski definition) is 1.